The minimum atomic E-state index is -0.294. The molecule has 1 aromatic carbocycles. The second-order valence-corrected chi connectivity index (χ2v) is 4.78. The Bertz CT molecular complexity index is 433. The van der Waals surface area contributed by atoms with E-state index in [0.29, 0.717) is 0 Å². The third-order valence-electron chi connectivity index (χ3n) is 2.47. The van der Waals surface area contributed by atoms with Crippen molar-refractivity contribution >= 4 is 43.5 Å². The highest BCUT2D eigenvalue weighted by Gasteiger charge is 2.39. The largest absolute Gasteiger partial charge is 0.283 e. The van der Waals surface area contributed by atoms with Gasteiger partial charge in [-0.05, 0) is 12.1 Å². The van der Waals surface area contributed by atoms with E-state index in [4.69, 9.17) is 0 Å². The zero-order valence-electron chi connectivity index (χ0n) is 8.60. The van der Waals surface area contributed by atoms with Crippen LogP contribution in [0.1, 0.15) is 0 Å². The summed E-state index contributed by atoms with van der Waals surface area (Å²) < 4.78 is 0. The van der Waals surface area contributed by atoms with Crippen molar-refractivity contribution in [3.05, 3.63) is 41.0 Å². The number of alkyl halides is 1. The van der Waals surface area contributed by atoms with Crippen molar-refractivity contribution in [1.29, 1.82) is 0 Å². The lowest BCUT2D eigenvalue weighted by atomic mass is 10.3. The summed E-state index contributed by atoms with van der Waals surface area (Å²) >= 11 is 6.65. The molecule has 0 saturated carbocycles. The summed E-state index contributed by atoms with van der Waals surface area (Å²) in [6, 6.07) is 9.57. The third-order valence-corrected chi connectivity index (χ3v) is 3.80. The first-order valence-electron chi connectivity index (χ1n) is 4.74. The van der Waals surface area contributed by atoms with Gasteiger partial charge in [-0.2, -0.15) is 0 Å². The van der Waals surface area contributed by atoms with Gasteiger partial charge in [-0.15, -0.1) is 0 Å². The molecule has 1 saturated heterocycles. The van der Waals surface area contributed by atoms with Crippen molar-refractivity contribution < 1.29 is 4.79 Å². The molecule has 0 aromatic heterocycles. The first kappa shape index (κ1) is 11.7. The van der Waals surface area contributed by atoms with Gasteiger partial charge in [0.1, 0.15) is 4.83 Å². The highest BCUT2D eigenvalue weighted by molar-refractivity contribution is 9.11. The summed E-state index contributed by atoms with van der Waals surface area (Å²) in [5.41, 5.74) is 1.75. The third kappa shape index (κ3) is 1.78. The molecule has 0 radical (unpaired) electrons. The molecule has 1 amide bonds. The molecular formula is C11H10Br2N2O. The van der Waals surface area contributed by atoms with Crippen LogP contribution in [-0.4, -0.2) is 22.8 Å². The van der Waals surface area contributed by atoms with Crippen molar-refractivity contribution in [3.63, 3.8) is 0 Å². The SMILES string of the molecule is CN1C(=CBr)C(Br)C(=O)N1c1ccccc1. The van der Waals surface area contributed by atoms with Gasteiger partial charge in [-0.25, -0.2) is 5.01 Å². The van der Waals surface area contributed by atoms with Crippen LogP contribution in [0.15, 0.2) is 41.0 Å². The van der Waals surface area contributed by atoms with Gasteiger partial charge in [0.15, 0.2) is 0 Å². The summed E-state index contributed by atoms with van der Waals surface area (Å²) in [5, 5.41) is 3.47. The number of hydrogen-bond donors (Lipinski definition) is 0. The van der Waals surface area contributed by atoms with Crippen LogP contribution in [-0.2, 0) is 4.79 Å². The maximum Gasteiger partial charge on any atom is 0.265 e. The number of anilines is 1. The smallest absolute Gasteiger partial charge is 0.265 e. The molecular weight excluding hydrogens is 336 g/mol. The summed E-state index contributed by atoms with van der Waals surface area (Å²) in [6.45, 7) is 0. The van der Waals surface area contributed by atoms with E-state index in [1.54, 1.807) is 9.99 Å². The molecule has 0 spiro atoms. The number of hydrogen-bond acceptors (Lipinski definition) is 2. The first-order chi connectivity index (χ1) is 7.66. The Labute approximate surface area is 111 Å². The molecule has 1 unspecified atom stereocenters. The zero-order chi connectivity index (χ0) is 11.7. The van der Waals surface area contributed by atoms with Crippen LogP contribution in [0.5, 0.6) is 0 Å². The van der Waals surface area contributed by atoms with E-state index >= 15 is 0 Å². The lowest BCUT2D eigenvalue weighted by molar-refractivity contribution is -0.117. The first-order valence-corrected chi connectivity index (χ1v) is 6.57. The maximum absolute atomic E-state index is 12.1. The van der Waals surface area contributed by atoms with Gasteiger partial charge >= 0.3 is 0 Å². The average Bonchev–Trinajstić information content (AvgIpc) is 2.51. The molecule has 2 rings (SSSR count). The molecule has 1 heterocycles. The van der Waals surface area contributed by atoms with E-state index in [-0.39, 0.29) is 10.7 Å². The number of nitrogens with zero attached hydrogens (tertiary/aromatic N) is 2. The molecule has 16 heavy (non-hydrogen) atoms. The normalized spacial score (nSPS) is 23.3. The predicted octanol–water partition coefficient (Wildman–Crippen LogP) is 2.88. The van der Waals surface area contributed by atoms with Crippen molar-refractivity contribution in [2.24, 2.45) is 0 Å². The second-order valence-electron chi connectivity index (χ2n) is 3.41. The van der Waals surface area contributed by atoms with Crippen LogP contribution in [0, 0.1) is 0 Å². The van der Waals surface area contributed by atoms with E-state index in [0.717, 1.165) is 11.4 Å². The van der Waals surface area contributed by atoms with Gasteiger partial charge in [0, 0.05) is 12.0 Å². The fourth-order valence-electron chi connectivity index (χ4n) is 1.66. The van der Waals surface area contributed by atoms with E-state index in [9.17, 15) is 4.79 Å². The van der Waals surface area contributed by atoms with E-state index < -0.39 is 0 Å². The Morgan fingerprint density at radius 3 is 2.44 bits per heavy atom. The van der Waals surface area contributed by atoms with E-state index in [2.05, 4.69) is 31.9 Å². The van der Waals surface area contributed by atoms with Crippen molar-refractivity contribution in [1.82, 2.24) is 5.01 Å². The van der Waals surface area contributed by atoms with Gasteiger partial charge < -0.3 is 0 Å². The second kappa shape index (κ2) is 4.59. The monoisotopic (exact) mass is 344 g/mol. The fourth-order valence-corrected chi connectivity index (χ4v) is 3.19. The van der Waals surface area contributed by atoms with E-state index in [1.807, 2.05) is 42.4 Å². The van der Waals surface area contributed by atoms with Crippen LogP contribution < -0.4 is 5.01 Å². The summed E-state index contributed by atoms with van der Waals surface area (Å²) in [6.07, 6.45) is 0. The average molecular weight is 346 g/mol. The molecule has 84 valence electrons. The number of benzene rings is 1. The minimum absolute atomic E-state index is 0.0133. The molecule has 1 atom stereocenters. The maximum atomic E-state index is 12.1. The number of hydrazine groups is 1. The van der Waals surface area contributed by atoms with Gasteiger partial charge in [0.25, 0.3) is 5.91 Å². The van der Waals surface area contributed by atoms with Crippen molar-refractivity contribution in [2.45, 2.75) is 4.83 Å². The molecule has 3 nitrogen and oxygen atoms in total. The minimum Gasteiger partial charge on any atom is -0.283 e. The molecule has 0 aliphatic carbocycles. The molecule has 1 aliphatic heterocycles. The van der Waals surface area contributed by atoms with Crippen LogP contribution in [0.2, 0.25) is 0 Å². The number of halogens is 2. The van der Waals surface area contributed by atoms with Crippen LogP contribution in [0.4, 0.5) is 5.69 Å². The highest BCUT2D eigenvalue weighted by Crippen LogP contribution is 2.32. The van der Waals surface area contributed by atoms with Gasteiger partial charge in [0.2, 0.25) is 0 Å². The molecule has 5 heteroatoms. The number of para-hydroxylation sites is 1. The Hall–Kier alpha value is -0.810. The Morgan fingerprint density at radius 1 is 1.31 bits per heavy atom. The number of carbonyl (C=O) groups is 1. The zero-order valence-corrected chi connectivity index (χ0v) is 11.8. The summed E-state index contributed by atoms with van der Waals surface area (Å²) in [4.78, 5) is 13.5. The van der Waals surface area contributed by atoms with Crippen LogP contribution in [0.25, 0.3) is 0 Å². The quantitative estimate of drug-likeness (QED) is 0.731. The lowest BCUT2D eigenvalue weighted by Gasteiger charge is -2.25. The Kier molecular flexibility index (Phi) is 3.35. The van der Waals surface area contributed by atoms with Crippen molar-refractivity contribution in [3.8, 4) is 0 Å². The predicted molar refractivity (Wildman–Crippen MR) is 71.4 cm³/mol. The number of rotatable bonds is 1. The molecule has 0 bridgehead atoms. The molecule has 1 aromatic rings. The number of amides is 1. The summed E-state index contributed by atoms with van der Waals surface area (Å²) in [7, 11) is 1.86. The van der Waals surface area contributed by atoms with Crippen molar-refractivity contribution in [2.75, 3.05) is 12.1 Å². The van der Waals surface area contributed by atoms with Crippen LogP contribution >= 0.6 is 31.9 Å². The standard InChI is InChI=1S/C11H10Br2N2O/c1-14-9(7-12)10(13)11(16)15(14)8-5-3-2-4-6-8/h2-7,10H,1H3. The fraction of sp³-hybridized carbons (Fsp3) is 0.182. The Balaban J connectivity index is 2.41. The lowest BCUT2D eigenvalue weighted by Crippen LogP contribution is -2.35. The van der Waals surface area contributed by atoms with Gasteiger partial charge in [-0.1, -0.05) is 50.1 Å². The topological polar surface area (TPSA) is 23.6 Å². The number of carbonyl (C=O) groups excluding carboxylic acids is 1. The highest BCUT2D eigenvalue weighted by atomic mass is 79.9. The molecule has 1 aliphatic rings. The van der Waals surface area contributed by atoms with Crippen LogP contribution in [0.3, 0.4) is 0 Å². The van der Waals surface area contributed by atoms with E-state index in [1.165, 1.54) is 0 Å². The summed E-state index contributed by atoms with van der Waals surface area (Å²) in [5.74, 6) is 0.0133. The Morgan fingerprint density at radius 2 is 1.94 bits per heavy atom. The molecule has 1 fully saturated rings. The van der Waals surface area contributed by atoms with Gasteiger partial charge in [0.05, 0.1) is 11.4 Å². The van der Waals surface area contributed by atoms with Gasteiger partial charge in [-0.3, -0.25) is 9.80 Å². The molecule has 0 N–H and O–H groups in total.